The third-order valence-corrected chi connectivity index (χ3v) is 4.17. The van der Waals surface area contributed by atoms with Gasteiger partial charge in [0.25, 0.3) is 5.69 Å². The largest absolute Gasteiger partial charge is 0.496 e. The van der Waals surface area contributed by atoms with Gasteiger partial charge in [-0.3, -0.25) is 10.1 Å². The van der Waals surface area contributed by atoms with Gasteiger partial charge in [0.2, 0.25) is 0 Å². The molecule has 2 aromatic rings. The number of thiophene rings is 1. The maximum atomic E-state index is 11.1. The summed E-state index contributed by atoms with van der Waals surface area (Å²) in [7, 11) is 3.47. The average Bonchev–Trinajstić information content (AvgIpc) is 2.93. The summed E-state index contributed by atoms with van der Waals surface area (Å²) in [5.41, 5.74) is 0.871. The number of hydrogen-bond acceptors (Lipinski definition) is 5. The van der Waals surface area contributed by atoms with Gasteiger partial charge in [0.1, 0.15) is 5.75 Å². The Balaban J connectivity index is 2.29. The van der Waals surface area contributed by atoms with Crippen LogP contribution < -0.4 is 10.1 Å². The Morgan fingerprint density at radius 3 is 2.80 bits per heavy atom. The summed E-state index contributed by atoms with van der Waals surface area (Å²) in [5, 5.41) is 16.2. The molecule has 1 atom stereocenters. The highest BCUT2D eigenvalue weighted by Crippen LogP contribution is 2.34. The number of ether oxygens (including phenoxy) is 1. The molecule has 0 aliphatic carbocycles. The van der Waals surface area contributed by atoms with Gasteiger partial charge in [-0.05, 0) is 24.9 Å². The second kappa shape index (κ2) is 6.49. The van der Waals surface area contributed by atoms with E-state index >= 15 is 0 Å². The minimum Gasteiger partial charge on any atom is -0.496 e. The first-order valence-electron chi connectivity index (χ1n) is 6.18. The average molecular weight is 292 g/mol. The third-order valence-electron chi connectivity index (χ3n) is 3.15. The molecule has 0 fully saturated rings. The van der Waals surface area contributed by atoms with Gasteiger partial charge in [-0.2, -0.15) is 0 Å². The number of nitrogens with one attached hydrogen (secondary N) is 1. The highest BCUT2D eigenvalue weighted by molar-refractivity contribution is 7.10. The van der Waals surface area contributed by atoms with Gasteiger partial charge in [0, 0.05) is 17.7 Å². The Morgan fingerprint density at radius 1 is 1.40 bits per heavy atom. The zero-order chi connectivity index (χ0) is 14.5. The van der Waals surface area contributed by atoms with Crippen LogP contribution in [0.1, 0.15) is 16.5 Å². The van der Waals surface area contributed by atoms with Crippen LogP contribution in [-0.2, 0) is 6.42 Å². The lowest BCUT2D eigenvalue weighted by molar-refractivity contribution is -0.385. The standard InChI is InChI=1S/C14H16N2O3S/c1-15-11(14-13(19-2)7-8-20-14)9-10-5-3-4-6-12(10)16(17)18/h3-8,11,15H,9H2,1-2H3. The second-order valence-electron chi connectivity index (χ2n) is 4.28. The molecule has 0 aliphatic heterocycles. The van der Waals surface area contributed by atoms with Crippen molar-refractivity contribution in [1.29, 1.82) is 0 Å². The summed E-state index contributed by atoms with van der Waals surface area (Å²) in [6.07, 6.45) is 0.546. The quantitative estimate of drug-likeness (QED) is 0.656. The van der Waals surface area contributed by atoms with E-state index in [-0.39, 0.29) is 16.7 Å². The molecule has 1 aromatic heterocycles. The number of likely N-dealkylation sites (N-methyl/N-ethyl adjacent to an activating group) is 1. The van der Waals surface area contributed by atoms with E-state index in [1.807, 2.05) is 24.6 Å². The number of rotatable bonds is 6. The summed E-state index contributed by atoms with van der Waals surface area (Å²) >= 11 is 1.58. The molecule has 1 aromatic carbocycles. The van der Waals surface area contributed by atoms with Crippen LogP contribution in [0.3, 0.4) is 0 Å². The molecule has 0 saturated heterocycles. The van der Waals surface area contributed by atoms with Crippen molar-refractivity contribution >= 4 is 17.0 Å². The number of hydrogen-bond donors (Lipinski definition) is 1. The van der Waals surface area contributed by atoms with Crippen LogP contribution in [0.25, 0.3) is 0 Å². The van der Waals surface area contributed by atoms with E-state index < -0.39 is 0 Å². The van der Waals surface area contributed by atoms with Crippen molar-refractivity contribution in [3.8, 4) is 5.75 Å². The number of nitro groups is 1. The summed E-state index contributed by atoms with van der Waals surface area (Å²) in [5.74, 6) is 0.813. The SMILES string of the molecule is CNC(Cc1ccccc1[N+](=O)[O-])c1sccc1OC. The van der Waals surface area contributed by atoms with Crippen molar-refractivity contribution in [2.45, 2.75) is 12.5 Å². The molecule has 0 saturated carbocycles. The number of nitro benzene ring substituents is 1. The molecule has 1 unspecified atom stereocenters. The van der Waals surface area contributed by atoms with Gasteiger partial charge in [-0.1, -0.05) is 18.2 Å². The molecule has 20 heavy (non-hydrogen) atoms. The van der Waals surface area contributed by atoms with E-state index in [4.69, 9.17) is 4.74 Å². The van der Waals surface area contributed by atoms with Crippen molar-refractivity contribution in [1.82, 2.24) is 5.32 Å². The first-order chi connectivity index (χ1) is 9.67. The lowest BCUT2D eigenvalue weighted by Crippen LogP contribution is -2.18. The van der Waals surface area contributed by atoms with E-state index in [2.05, 4.69) is 5.32 Å². The number of para-hydroxylation sites is 1. The van der Waals surface area contributed by atoms with Crippen molar-refractivity contribution < 1.29 is 9.66 Å². The summed E-state index contributed by atoms with van der Waals surface area (Å²) < 4.78 is 5.32. The Kier molecular flexibility index (Phi) is 4.70. The van der Waals surface area contributed by atoms with Crippen LogP contribution >= 0.6 is 11.3 Å². The fourth-order valence-corrected chi connectivity index (χ4v) is 3.11. The highest BCUT2D eigenvalue weighted by atomic mass is 32.1. The molecule has 1 heterocycles. The molecular weight excluding hydrogens is 276 g/mol. The third kappa shape index (κ3) is 2.97. The Bertz CT molecular complexity index is 598. The molecule has 6 heteroatoms. The van der Waals surface area contributed by atoms with Gasteiger partial charge < -0.3 is 10.1 Å². The van der Waals surface area contributed by atoms with Crippen molar-refractivity contribution in [2.24, 2.45) is 0 Å². The van der Waals surface area contributed by atoms with Crippen LogP contribution in [0.5, 0.6) is 5.75 Å². The lowest BCUT2D eigenvalue weighted by Gasteiger charge is -2.16. The molecule has 0 radical (unpaired) electrons. The summed E-state index contributed by atoms with van der Waals surface area (Å²) in [6, 6.07) is 8.73. The van der Waals surface area contributed by atoms with Crippen LogP contribution in [0.4, 0.5) is 5.69 Å². The van der Waals surface area contributed by atoms with Crippen LogP contribution in [0.15, 0.2) is 35.7 Å². The Labute approximate surface area is 121 Å². The van der Waals surface area contributed by atoms with Crippen molar-refractivity contribution in [3.05, 3.63) is 56.3 Å². The Hall–Kier alpha value is -1.92. The molecule has 5 nitrogen and oxygen atoms in total. The minimum atomic E-state index is -0.340. The lowest BCUT2D eigenvalue weighted by atomic mass is 10.0. The first-order valence-corrected chi connectivity index (χ1v) is 7.06. The van der Waals surface area contributed by atoms with Crippen molar-refractivity contribution in [3.63, 3.8) is 0 Å². The number of methoxy groups -OCH3 is 1. The van der Waals surface area contributed by atoms with E-state index in [0.29, 0.717) is 12.0 Å². The molecule has 0 bridgehead atoms. The number of benzene rings is 1. The van der Waals surface area contributed by atoms with E-state index in [9.17, 15) is 10.1 Å². The molecule has 106 valence electrons. The highest BCUT2D eigenvalue weighted by Gasteiger charge is 2.21. The van der Waals surface area contributed by atoms with E-state index in [0.717, 1.165) is 10.6 Å². The fourth-order valence-electron chi connectivity index (χ4n) is 2.14. The molecular formula is C14H16N2O3S. The van der Waals surface area contributed by atoms with Crippen LogP contribution in [0.2, 0.25) is 0 Å². The van der Waals surface area contributed by atoms with Gasteiger partial charge in [-0.15, -0.1) is 11.3 Å². The van der Waals surface area contributed by atoms with E-state index in [1.54, 1.807) is 30.6 Å². The molecule has 2 rings (SSSR count). The second-order valence-corrected chi connectivity index (χ2v) is 5.23. The summed E-state index contributed by atoms with van der Waals surface area (Å²) in [4.78, 5) is 11.8. The molecule has 0 spiro atoms. The molecule has 1 N–H and O–H groups in total. The van der Waals surface area contributed by atoms with Crippen molar-refractivity contribution in [2.75, 3.05) is 14.2 Å². The normalized spacial score (nSPS) is 12.1. The van der Waals surface area contributed by atoms with E-state index in [1.165, 1.54) is 6.07 Å². The van der Waals surface area contributed by atoms with Gasteiger partial charge in [0.15, 0.2) is 0 Å². The molecule has 0 aliphatic rings. The maximum Gasteiger partial charge on any atom is 0.272 e. The maximum absolute atomic E-state index is 11.1. The fraction of sp³-hybridized carbons (Fsp3) is 0.286. The topological polar surface area (TPSA) is 64.4 Å². The monoisotopic (exact) mass is 292 g/mol. The predicted molar refractivity (Wildman–Crippen MR) is 79.5 cm³/mol. The zero-order valence-electron chi connectivity index (χ0n) is 11.3. The first kappa shape index (κ1) is 14.5. The smallest absolute Gasteiger partial charge is 0.272 e. The molecule has 0 amide bonds. The minimum absolute atomic E-state index is 0.00829. The van der Waals surface area contributed by atoms with Crippen LogP contribution in [-0.4, -0.2) is 19.1 Å². The Morgan fingerprint density at radius 2 is 2.15 bits per heavy atom. The summed E-state index contributed by atoms with van der Waals surface area (Å²) in [6.45, 7) is 0. The van der Waals surface area contributed by atoms with Gasteiger partial charge >= 0.3 is 0 Å². The van der Waals surface area contributed by atoms with Gasteiger partial charge in [0.05, 0.1) is 16.9 Å². The van der Waals surface area contributed by atoms with Gasteiger partial charge in [-0.25, -0.2) is 0 Å². The predicted octanol–water partition coefficient (Wildman–Crippen LogP) is 3.17. The zero-order valence-corrected chi connectivity index (χ0v) is 12.1. The van der Waals surface area contributed by atoms with Crippen LogP contribution in [0, 0.1) is 10.1 Å². The number of nitrogens with zero attached hydrogens (tertiary/aromatic N) is 1.